The van der Waals surface area contributed by atoms with E-state index in [0.717, 1.165) is 25.0 Å². The number of nitrogens with zero attached hydrogens (tertiary/aromatic N) is 1. The molecular formula is C14H18BrN3O5S. The molecule has 0 heterocycles. The van der Waals surface area contributed by atoms with Gasteiger partial charge in [-0.2, -0.15) is 0 Å². The molecule has 0 aromatic heterocycles. The van der Waals surface area contributed by atoms with Crippen molar-refractivity contribution in [3.63, 3.8) is 0 Å². The van der Waals surface area contributed by atoms with Crippen LogP contribution in [-0.4, -0.2) is 19.2 Å². The number of nitro groups is 1. The number of sulfonamides is 1. The van der Waals surface area contributed by atoms with E-state index >= 15 is 0 Å². The molecule has 1 aromatic carbocycles. The summed E-state index contributed by atoms with van der Waals surface area (Å²) >= 11 is 3.03. The molecule has 0 aliphatic heterocycles. The third-order valence-corrected chi connectivity index (χ3v) is 6.41. The first-order chi connectivity index (χ1) is 11.1. The molecule has 1 fully saturated rings. The van der Waals surface area contributed by atoms with Gasteiger partial charge in [-0.25, -0.2) is 13.1 Å². The van der Waals surface area contributed by atoms with Crippen LogP contribution in [0.1, 0.15) is 32.6 Å². The molecule has 0 radical (unpaired) electrons. The molecule has 0 spiro atoms. The maximum Gasteiger partial charge on any atom is 0.293 e. The third kappa shape index (κ3) is 4.04. The lowest BCUT2D eigenvalue weighted by molar-refractivity contribution is -0.384. The summed E-state index contributed by atoms with van der Waals surface area (Å²) in [6.45, 7) is 2.02. The lowest BCUT2D eigenvalue weighted by Crippen LogP contribution is -2.37. The average Bonchev–Trinajstić information content (AvgIpc) is 2.45. The Kier molecular flexibility index (Phi) is 5.49. The minimum atomic E-state index is -4.24. The van der Waals surface area contributed by atoms with E-state index in [-0.39, 0.29) is 21.0 Å². The summed E-state index contributed by atoms with van der Waals surface area (Å²) < 4.78 is 27.0. The number of carbonyl (C=O) groups excluding carboxylic acids is 1. The fraction of sp³-hybridized carbons (Fsp3) is 0.500. The summed E-state index contributed by atoms with van der Waals surface area (Å²) in [5, 5.41) is 10.9. The molecule has 2 rings (SSSR count). The number of halogens is 1. The number of benzene rings is 1. The largest absolute Gasteiger partial charge is 0.393 e. The Bertz CT molecular complexity index is 781. The first-order valence-corrected chi connectivity index (χ1v) is 9.69. The number of anilines is 1. The molecule has 1 amide bonds. The molecule has 1 aliphatic rings. The van der Waals surface area contributed by atoms with Crippen LogP contribution < -0.4 is 10.5 Å². The van der Waals surface area contributed by atoms with E-state index in [1.165, 1.54) is 0 Å². The fourth-order valence-electron chi connectivity index (χ4n) is 2.87. The summed E-state index contributed by atoms with van der Waals surface area (Å²) in [6, 6.07) is 1.98. The quantitative estimate of drug-likeness (QED) is 0.437. The molecule has 24 heavy (non-hydrogen) atoms. The zero-order valence-electron chi connectivity index (χ0n) is 13.0. The summed E-state index contributed by atoms with van der Waals surface area (Å²) in [4.78, 5) is 22.1. The van der Waals surface area contributed by atoms with Crippen LogP contribution in [0.15, 0.2) is 21.5 Å². The maximum atomic E-state index is 12.4. The maximum absolute atomic E-state index is 12.4. The highest BCUT2D eigenvalue weighted by Crippen LogP contribution is 2.33. The average molecular weight is 420 g/mol. The van der Waals surface area contributed by atoms with Crippen molar-refractivity contribution in [2.45, 2.75) is 37.5 Å². The number of nitrogens with one attached hydrogen (secondary N) is 1. The second kappa shape index (κ2) is 7.06. The van der Waals surface area contributed by atoms with Crippen LogP contribution in [0.2, 0.25) is 0 Å². The summed E-state index contributed by atoms with van der Waals surface area (Å²) in [5.74, 6) is -0.583. The van der Waals surface area contributed by atoms with Crippen LogP contribution in [0, 0.1) is 22.0 Å². The van der Waals surface area contributed by atoms with Crippen molar-refractivity contribution < 1.29 is 18.1 Å². The van der Waals surface area contributed by atoms with Crippen molar-refractivity contribution in [3.05, 3.63) is 26.7 Å². The van der Waals surface area contributed by atoms with Crippen molar-refractivity contribution in [2.24, 2.45) is 11.8 Å². The smallest absolute Gasteiger partial charge is 0.293 e. The number of carbonyl (C=O) groups is 1. The number of nitro benzene ring substituents is 1. The normalized spacial score (nSPS) is 21.2. The van der Waals surface area contributed by atoms with Gasteiger partial charge in [0.25, 0.3) is 15.7 Å². The van der Waals surface area contributed by atoms with Gasteiger partial charge in [-0.05, 0) is 40.8 Å². The predicted octanol–water partition coefficient (Wildman–Crippen LogP) is 2.57. The minimum Gasteiger partial charge on any atom is -0.393 e. The molecule has 3 N–H and O–H groups in total. The molecule has 1 aliphatic carbocycles. The highest BCUT2D eigenvalue weighted by molar-refractivity contribution is 9.10. The number of hydrogen-bond donors (Lipinski definition) is 2. The van der Waals surface area contributed by atoms with Gasteiger partial charge in [-0.15, -0.1) is 0 Å². The predicted molar refractivity (Wildman–Crippen MR) is 91.7 cm³/mol. The van der Waals surface area contributed by atoms with Gasteiger partial charge in [-0.3, -0.25) is 14.9 Å². The minimum absolute atomic E-state index is 0.0583. The SMILES string of the molecule is C[C@H]1CCC[C@@H](C(=O)NS(=O)(=O)c2cc([N+](=O)[O-])c(N)cc2Br)C1. The summed E-state index contributed by atoms with van der Waals surface area (Å²) in [5.41, 5.74) is 4.82. The first-order valence-electron chi connectivity index (χ1n) is 7.42. The van der Waals surface area contributed by atoms with E-state index in [0.29, 0.717) is 18.8 Å². The highest BCUT2D eigenvalue weighted by atomic mass is 79.9. The zero-order chi connectivity index (χ0) is 18.1. The van der Waals surface area contributed by atoms with Crippen LogP contribution in [0.3, 0.4) is 0 Å². The van der Waals surface area contributed by atoms with Crippen LogP contribution in [-0.2, 0) is 14.8 Å². The van der Waals surface area contributed by atoms with E-state index in [4.69, 9.17) is 5.73 Å². The molecule has 132 valence electrons. The van der Waals surface area contributed by atoms with Gasteiger partial charge in [0.05, 0.1) is 4.92 Å². The standard InChI is InChI=1S/C14H18BrN3O5S/c1-8-3-2-4-9(5-8)14(19)17-24(22,23)13-7-12(18(20)21)11(16)6-10(13)15/h6-9H,2-5,16H2,1H3,(H,17,19)/t8-,9+/m0/s1. The van der Waals surface area contributed by atoms with Crippen molar-refractivity contribution in [2.75, 3.05) is 5.73 Å². The lowest BCUT2D eigenvalue weighted by atomic mass is 9.82. The van der Waals surface area contributed by atoms with Crippen LogP contribution in [0.25, 0.3) is 0 Å². The Morgan fingerprint density at radius 2 is 2.08 bits per heavy atom. The molecular weight excluding hydrogens is 402 g/mol. The summed E-state index contributed by atoms with van der Waals surface area (Å²) in [7, 11) is -4.24. The van der Waals surface area contributed by atoms with Gasteiger partial charge in [0, 0.05) is 16.5 Å². The van der Waals surface area contributed by atoms with Gasteiger partial charge in [-0.1, -0.05) is 19.8 Å². The van der Waals surface area contributed by atoms with Gasteiger partial charge in [0.15, 0.2) is 0 Å². The number of amides is 1. The fourth-order valence-corrected chi connectivity index (χ4v) is 4.99. The van der Waals surface area contributed by atoms with E-state index in [2.05, 4.69) is 15.9 Å². The molecule has 0 saturated heterocycles. The zero-order valence-corrected chi connectivity index (χ0v) is 15.4. The molecule has 10 heteroatoms. The Morgan fingerprint density at radius 1 is 1.42 bits per heavy atom. The van der Waals surface area contributed by atoms with Crippen molar-refractivity contribution in [1.82, 2.24) is 4.72 Å². The first kappa shape index (κ1) is 18.7. The van der Waals surface area contributed by atoms with Crippen molar-refractivity contribution >= 4 is 43.2 Å². The van der Waals surface area contributed by atoms with Crippen LogP contribution >= 0.6 is 15.9 Å². The number of nitrogen functional groups attached to an aromatic ring is 1. The number of hydrogen-bond acceptors (Lipinski definition) is 6. The number of nitrogens with two attached hydrogens (primary N) is 1. The van der Waals surface area contributed by atoms with Gasteiger partial charge in [0.1, 0.15) is 10.6 Å². The molecule has 1 saturated carbocycles. The Morgan fingerprint density at radius 3 is 2.67 bits per heavy atom. The molecule has 2 atom stereocenters. The van der Waals surface area contributed by atoms with E-state index in [1.54, 1.807) is 0 Å². The molecule has 8 nitrogen and oxygen atoms in total. The topological polar surface area (TPSA) is 132 Å². The highest BCUT2D eigenvalue weighted by Gasteiger charge is 2.30. The lowest BCUT2D eigenvalue weighted by Gasteiger charge is -2.25. The van der Waals surface area contributed by atoms with Crippen LogP contribution in [0.5, 0.6) is 0 Å². The Hall–Kier alpha value is -1.68. The number of rotatable bonds is 4. The van der Waals surface area contributed by atoms with E-state index in [9.17, 15) is 23.3 Å². The second-order valence-corrected chi connectivity index (χ2v) is 8.54. The van der Waals surface area contributed by atoms with Gasteiger partial charge in [0.2, 0.25) is 5.91 Å². The Labute approximate surface area is 148 Å². The Balaban J connectivity index is 2.29. The third-order valence-electron chi connectivity index (χ3n) is 4.11. The van der Waals surface area contributed by atoms with E-state index in [1.807, 2.05) is 11.6 Å². The van der Waals surface area contributed by atoms with Crippen molar-refractivity contribution in [1.29, 1.82) is 0 Å². The molecule has 0 unspecified atom stereocenters. The van der Waals surface area contributed by atoms with Gasteiger partial charge < -0.3 is 5.73 Å². The molecule has 0 bridgehead atoms. The van der Waals surface area contributed by atoms with E-state index < -0.39 is 26.5 Å². The molecule has 1 aromatic rings. The van der Waals surface area contributed by atoms with Gasteiger partial charge >= 0.3 is 0 Å². The van der Waals surface area contributed by atoms with Crippen LogP contribution in [0.4, 0.5) is 11.4 Å². The monoisotopic (exact) mass is 419 g/mol. The summed E-state index contributed by atoms with van der Waals surface area (Å²) in [6.07, 6.45) is 3.15. The second-order valence-electron chi connectivity index (χ2n) is 6.04. The van der Waals surface area contributed by atoms with Crippen molar-refractivity contribution in [3.8, 4) is 0 Å².